The molecular formula is C23H21F2N9O. The van der Waals surface area contributed by atoms with Crippen LogP contribution in [0, 0.1) is 23.0 Å². The number of nitrogens with zero attached hydrogens (tertiary/aromatic N) is 9. The number of rotatable bonds is 6. The van der Waals surface area contributed by atoms with Crippen LogP contribution in [0.1, 0.15) is 23.9 Å². The predicted octanol–water partition coefficient (Wildman–Crippen LogP) is 1.87. The van der Waals surface area contributed by atoms with Gasteiger partial charge in [-0.2, -0.15) is 15.5 Å². The minimum absolute atomic E-state index is 0.0333. The van der Waals surface area contributed by atoms with Gasteiger partial charge in [-0.25, -0.2) is 28.1 Å². The summed E-state index contributed by atoms with van der Waals surface area (Å²) in [6.45, 7) is 3.03. The van der Waals surface area contributed by atoms with Crippen LogP contribution in [0.15, 0.2) is 49.3 Å². The van der Waals surface area contributed by atoms with Gasteiger partial charge in [-0.1, -0.05) is 6.07 Å². The fraction of sp³-hybridized carbons (Fsp3) is 0.304. The van der Waals surface area contributed by atoms with Crippen molar-refractivity contribution in [3.05, 3.63) is 77.9 Å². The molecule has 35 heavy (non-hydrogen) atoms. The third-order valence-electron chi connectivity index (χ3n) is 6.32. The monoisotopic (exact) mass is 477 g/mol. The highest BCUT2D eigenvalue weighted by atomic mass is 19.1. The molecule has 178 valence electrons. The molecule has 1 aliphatic rings. The topological polar surface area (TPSA) is 122 Å². The van der Waals surface area contributed by atoms with Crippen LogP contribution in [-0.4, -0.2) is 57.1 Å². The highest BCUT2D eigenvalue weighted by molar-refractivity contribution is 5.55. The molecule has 0 radical (unpaired) electrons. The van der Waals surface area contributed by atoms with E-state index in [1.165, 1.54) is 29.6 Å². The van der Waals surface area contributed by atoms with Crippen molar-refractivity contribution in [3.63, 3.8) is 0 Å². The standard InChI is InChI=1S/C23H21F2N9O/c1-15(23(35,12-33-14-28-13-29-33)19-3-2-18(24)7-20(19)25)32-4-5-34-21(11-32)30-22(31-34)17-6-16(8-26)9-27-10-17/h2-3,6-7,9-10,13-15,35H,4-5,11-12H2,1H3/t15-,23-/m1/s1. The van der Waals surface area contributed by atoms with Gasteiger partial charge < -0.3 is 5.11 Å². The van der Waals surface area contributed by atoms with Gasteiger partial charge >= 0.3 is 0 Å². The van der Waals surface area contributed by atoms with Gasteiger partial charge in [0.05, 0.1) is 25.2 Å². The van der Waals surface area contributed by atoms with Crippen molar-refractivity contribution in [3.8, 4) is 17.5 Å². The largest absolute Gasteiger partial charge is 0.381 e. The van der Waals surface area contributed by atoms with Crippen LogP contribution in [0.5, 0.6) is 0 Å². The molecule has 0 spiro atoms. The second kappa shape index (κ2) is 8.94. The number of hydrogen-bond acceptors (Lipinski definition) is 8. The number of nitriles is 1. The lowest BCUT2D eigenvalue weighted by atomic mass is 9.85. The zero-order chi connectivity index (χ0) is 24.6. The number of pyridine rings is 1. The van der Waals surface area contributed by atoms with E-state index in [9.17, 15) is 13.9 Å². The first-order chi connectivity index (χ1) is 16.9. The lowest BCUT2D eigenvalue weighted by molar-refractivity contribution is -0.0714. The summed E-state index contributed by atoms with van der Waals surface area (Å²) in [6, 6.07) is 6.26. The molecule has 4 aromatic rings. The van der Waals surface area contributed by atoms with E-state index in [2.05, 4.69) is 31.2 Å². The quantitative estimate of drug-likeness (QED) is 0.447. The van der Waals surface area contributed by atoms with Crippen molar-refractivity contribution < 1.29 is 13.9 Å². The van der Waals surface area contributed by atoms with Crippen molar-refractivity contribution in [2.24, 2.45) is 0 Å². The summed E-state index contributed by atoms with van der Waals surface area (Å²) in [7, 11) is 0. The molecule has 4 heterocycles. The molecule has 0 fully saturated rings. The Kier molecular flexibility index (Phi) is 5.80. The summed E-state index contributed by atoms with van der Waals surface area (Å²) >= 11 is 0. The summed E-state index contributed by atoms with van der Waals surface area (Å²) in [5, 5.41) is 29.6. The summed E-state index contributed by atoms with van der Waals surface area (Å²) in [4.78, 5) is 14.6. The number of benzene rings is 1. The fourth-order valence-corrected chi connectivity index (χ4v) is 4.38. The van der Waals surface area contributed by atoms with Crippen molar-refractivity contribution in [1.29, 1.82) is 5.26 Å². The molecule has 0 saturated heterocycles. The average Bonchev–Trinajstić information content (AvgIpc) is 3.52. The molecular weight excluding hydrogens is 456 g/mol. The van der Waals surface area contributed by atoms with E-state index in [1.807, 2.05) is 4.90 Å². The van der Waals surface area contributed by atoms with Gasteiger partial charge in [0, 0.05) is 42.2 Å². The van der Waals surface area contributed by atoms with Crippen LogP contribution < -0.4 is 0 Å². The molecule has 0 saturated carbocycles. The molecule has 0 bridgehead atoms. The lowest BCUT2D eigenvalue weighted by Gasteiger charge is -2.42. The van der Waals surface area contributed by atoms with Crippen molar-refractivity contribution in [1.82, 2.24) is 39.4 Å². The third kappa shape index (κ3) is 4.27. The van der Waals surface area contributed by atoms with E-state index < -0.39 is 23.3 Å². The zero-order valence-corrected chi connectivity index (χ0v) is 18.8. The molecule has 5 rings (SSSR count). The van der Waals surface area contributed by atoms with Crippen LogP contribution in [0.4, 0.5) is 8.78 Å². The summed E-state index contributed by atoms with van der Waals surface area (Å²) in [5.41, 5.74) is -0.748. The maximum Gasteiger partial charge on any atom is 0.183 e. The van der Waals surface area contributed by atoms with Crippen LogP contribution >= 0.6 is 0 Å². The highest BCUT2D eigenvalue weighted by Gasteiger charge is 2.43. The summed E-state index contributed by atoms with van der Waals surface area (Å²) in [5.74, 6) is -0.466. The van der Waals surface area contributed by atoms with E-state index in [1.54, 1.807) is 23.9 Å². The molecule has 1 aromatic carbocycles. The zero-order valence-electron chi connectivity index (χ0n) is 18.8. The molecule has 1 N–H and O–H groups in total. The lowest BCUT2D eigenvalue weighted by Crippen LogP contribution is -2.53. The van der Waals surface area contributed by atoms with Crippen molar-refractivity contribution in [2.45, 2.75) is 38.2 Å². The van der Waals surface area contributed by atoms with Crippen LogP contribution in [-0.2, 0) is 25.2 Å². The Bertz CT molecular complexity index is 1400. The van der Waals surface area contributed by atoms with Gasteiger partial charge in [-0.05, 0) is 19.1 Å². The Morgan fingerprint density at radius 3 is 2.80 bits per heavy atom. The van der Waals surface area contributed by atoms with Crippen LogP contribution in [0.3, 0.4) is 0 Å². The van der Waals surface area contributed by atoms with E-state index in [0.717, 1.165) is 12.1 Å². The Morgan fingerprint density at radius 2 is 2.06 bits per heavy atom. The van der Waals surface area contributed by atoms with Gasteiger partial charge in [0.25, 0.3) is 0 Å². The second-order valence-electron chi connectivity index (χ2n) is 8.44. The Labute approximate surface area is 199 Å². The fourth-order valence-electron chi connectivity index (χ4n) is 4.38. The van der Waals surface area contributed by atoms with E-state index in [-0.39, 0.29) is 12.1 Å². The van der Waals surface area contributed by atoms with Crippen molar-refractivity contribution >= 4 is 0 Å². The van der Waals surface area contributed by atoms with Crippen LogP contribution in [0.25, 0.3) is 11.4 Å². The van der Waals surface area contributed by atoms with Gasteiger partial charge in [-0.3, -0.25) is 9.88 Å². The molecule has 0 amide bonds. The number of fused-ring (bicyclic) bond motifs is 1. The van der Waals surface area contributed by atoms with E-state index in [4.69, 9.17) is 5.26 Å². The summed E-state index contributed by atoms with van der Waals surface area (Å²) in [6.07, 6.45) is 5.82. The smallest absolute Gasteiger partial charge is 0.183 e. The van der Waals surface area contributed by atoms with Crippen molar-refractivity contribution in [2.75, 3.05) is 6.54 Å². The molecule has 10 nitrogen and oxygen atoms in total. The Hall–Kier alpha value is -4.08. The van der Waals surface area contributed by atoms with Gasteiger partial charge in [0.15, 0.2) is 5.82 Å². The molecule has 0 unspecified atom stereocenters. The Balaban J connectivity index is 1.46. The summed E-state index contributed by atoms with van der Waals surface area (Å²) < 4.78 is 31.7. The number of hydrogen-bond donors (Lipinski definition) is 1. The maximum atomic E-state index is 14.9. The normalized spacial score (nSPS) is 16.3. The van der Waals surface area contributed by atoms with Gasteiger partial charge in [0.1, 0.15) is 41.8 Å². The first-order valence-electron chi connectivity index (χ1n) is 10.9. The Morgan fingerprint density at radius 1 is 1.20 bits per heavy atom. The first-order valence-corrected chi connectivity index (χ1v) is 10.9. The third-order valence-corrected chi connectivity index (χ3v) is 6.32. The SMILES string of the molecule is C[C@@H](N1CCn2nc(-c3cncc(C#N)c3)nc2C1)[C@](O)(Cn1cncn1)c1ccc(F)cc1F. The minimum Gasteiger partial charge on any atom is -0.381 e. The minimum atomic E-state index is -1.75. The highest BCUT2D eigenvalue weighted by Crippen LogP contribution is 2.34. The maximum absolute atomic E-state index is 14.9. The number of aliphatic hydroxyl groups is 1. The average molecular weight is 477 g/mol. The molecule has 1 aliphatic heterocycles. The number of aromatic nitrogens is 7. The molecule has 12 heteroatoms. The van der Waals surface area contributed by atoms with E-state index >= 15 is 0 Å². The van der Waals surface area contributed by atoms with Gasteiger partial charge in [0.2, 0.25) is 0 Å². The van der Waals surface area contributed by atoms with E-state index in [0.29, 0.717) is 42.4 Å². The second-order valence-corrected chi connectivity index (χ2v) is 8.44. The number of halogens is 2. The first kappa shape index (κ1) is 22.7. The molecule has 0 aliphatic carbocycles. The van der Waals surface area contributed by atoms with Gasteiger partial charge in [-0.15, -0.1) is 0 Å². The van der Waals surface area contributed by atoms with Crippen LogP contribution in [0.2, 0.25) is 0 Å². The molecule has 3 aromatic heterocycles. The molecule has 2 atom stereocenters. The predicted molar refractivity (Wildman–Crippen MR) is 118 cm³/mol.